The first-order valence-corrected chi connectivity index (χ1v) is 8.26. The van der Waals surface area contributed by atoms with E-state index in [0.29, 0.717) is 5.92 Å². The topological polar surface area (TPSA) is 39.7 Å². The van der Waals surface area contributed by atoms with Gasteiger partial charge in [0.25, 0.3) is 0 Å². The molecule has 22 heavy (non-hydrogen) atoms. The van der Waals surface area contributed by atoms with Crippen molar-refractivity contribution in [3.05, 3.63) is 35.4 Å². The van der Waals surface area contributed by atoms with Crippen LogP contribution in [0.4, 0.5) is 0 Å². The lowest BCUT2D eigenvalue weighted by molar-refractivity contribution is 0.345. The molecule has 1 rings (SSSR count). The average Bonchev–Trinajstić information content (AvgIpc) is 2.50. The van der Waals surface area contributed by atoms with E-state index in [-0.39, 0.29) is 0 Å². The van der Waals surface area contributed by atoms with Crippen molar-refractivity contribution < 1.29 is 0 Å². The summed E-state index contributed by atoms with van der Waals surface area (Å²) >= 11 is 0. The van der Waals surface area contributed by atoms with E-state index in [1.165, 1.54) is 11.1 Å². The van der Waals surface area contributed by atoms with Gasteiger partial charge in [0.05, 0.1) is 0 Å². The second-order valence-corrected chi connectivity index (χ2v) is 6.19. The van der Waals surface area contributed by atoms with Crippen LogP contribution in [0.2, 0.25) is 0 Å². The highest BCUT2D eigenvalue weighted by molar-refractivity contribution is 5.79. The summed E-state index contributed by atoms with van der Waals surface area (Å²) in [5.41, 5.74) is 2.64. The van der Waals surface area contributed by atoms with E-state index >= 15 is 0 Å². The highest BCUT2D eigenvalue weighted by Gasteiger charge is 2.02. The van der Waals surface area contributed by atoms with Gasteiger partial charge >= 0.3 is 0 Å². The number of hydrogen-bond acceptors (Lipinski definition) is 2. The molecule has 1 aromatic carbocycles. The number of benzene rings is 1. The van der Waals surface area contributed by atoms with E-state index in [1.807, 2.05) is 7.05 Å². The van der Waals surface area contributed by atoms with Crippen molar-refractivity contribution in [2.75, 3.05) is 27.2 Å². The lowest BCUT2D eigenvalue weighted by Crippen LogP contribution is -2.37. The predicted molar refractivity (Wildman–Crippen MR) is 96.1 cm³/mol. The summed E-state index contributed by atoms with van der Waals surface area (Å²) in [6.07, 6.45) is 1.15. The number of guanidine groups is 1. The van der Waals surface area contributed by atoms with Gasteiger partial charge in [-0.15, -0.1) is 0 Å². The van der Waals surface area contributed by atoms with Gasteiger partial charge in [0.15, 0.2) is 5.96 Å². The third kappa shape index (κ3) is 7.46. The van der Waals surface area contributed by atoms with Crippen LogP contribution in [0.25, 0.3) is 0 Å². The fraction of sp³-hybridized carbons (Fsp3) is 0.611. The van der Waals surface area contributed by atoms with Crippen LogP contribution >= 0.6 is 0 Å². The SMILES string of the molecule is CCN(C)Cc1cccc(CNC(=NC)NCCC(C)C)c1. The van der Waals surface area contributed by atoms with E-state index in [4.69, 9.17) is 0 Å². The summed E-state index contributed by atoms with van der Waals surface area (Å²) in [5, 5.41) is 6.74. The number of aliphatic imine (C=N–C) groups is 1. The van der Waals surface area contributed by atoms with Crippen molar-refractivity contribution in [3.63, 3.8) is 0 Å². The van der Waals surface area contributed by atoms with Crippen molar-refractivity contribution in [3.8, 4) is 0 Å². The second kappa shape index (κ2) is 10.2. The number of nitrogens with zero attached hydrogens (tertiary/aromatic N) is 2. The molecule has 1 aromatic rings. The predicted octanol–water partition coefficient (Wildman–Crippen LogP) is 2.85. The van der Waals surface area contributed by atoms with Gasteiger partial charge in [0.1, 0.15) is 0 Å². The zero-order valence-electron chi connectivity index (χ0n) is 14.8. The van der Waals surface area contributed by atoms with Gasteiger partial charge in [-0.3, -0.25) is 4.99 Å². The summed E-state index contributed by atoms with van der Waals surface area (Å²) in [6.45, 7) is 10.5. The molecule has 0 aromatic heterocycles. The quantitative estimate of drug-likeness (QED) is 0.573. The van der Waals surface area contributed by atoms with Crippen LogP contribution in [0.5, 0.6) is 0 Å². The zero-order chi connectivity index (χ0) is 16.4. The standard InChI is InChI=1S/C18H32N4/c1-6-22(5)14-17-9-7-8-16(12-17)13-21-18(19-4)20-11-10-15(2)3/h7-9,12,15H,6,10-11,13-14H2,1-5H3,(H2,19,20,21). The monoisotopic (exact) mass is 304 g/mol. The number of nitrogens with one attached hydrogen (secondary N) is 2. The lowest BCUT2D eigenvalue weighted by Gasteiger charge is -2.15. The second-order valence-electron chi connectivity index (χ2n) is 6.19. The molecule has 0 aliphatic rings. The molecule has 0 aliphatic heterocycles. The van der Waals surface area contributed by atoms with E-state index in [0.717, 1.165) is 38.6 Å². The van der Waals surface area contributed by atoms with Crippen LogP contribution in [0.3, 0.4) is 0 Å². The molecule has 0 amide bonds. The van der Waals surface area contributed by atoms with Crippen LogP contribution in [0, 0.1) is 5.92 Å². The van der Waals surface area contributed by atoms with Crippen LogP contribution in [-0.4, -0.2) is 38.0 Å². The van der Waals surface area contributed by atoms with E-state index < -0.39 is 0 Å². The fourth-order valence-corrected chi connectivity index (χ4v) is 2.15. The van der Waals surface area contributed by atoms with Gasteiger partial charge < -0.3 is 15.5 Å². The third-order valence-corrected chi connectivity index (χ3v) is 3.68. The Hall–Kier alpha value is -1.55. The van der Waals surface area contributed by atoms with E-state index in [1.54, 1.807) is 0 Å². The molecule has 0 spiro atoms. The average molecular weight is 304 g/mol. The van der Waals surface area contributed by atoms with Crippen molar-refractivity contribution >= 4 is 5.96 Å². The molecular formula is C18H32N4. The first-order valence-electron chi connectivity index (χ1n) is 8.26. The largest absolute Gasteiger partial charge is 0.356 e. The minimum atomic E-state index is 0.706. The third-order valence-electron chi connectivity index (χ3n) is 3.68. The van der Waals surface area contributed by atoms with E-state index in [2.05, 4.69) is 72.6 Å². The molecule has 124 valence electrons. The fourth-order valence-electron chi connectivity index (χ4n) is 2.15. The summed E-state index contributed by atoms with van der Waals surface area (Å²) < 4.78 is 0. The summed E-state index contributed by atoms with van der Waals surface area (Å²) in [5.74, 6) is 1.58. The number of hydrogen-bond donors (Lipinski definition) is 2. The van der Waals surface area contributed by atoms with Crippen LogP contribution in [0.1, 0.15) is 38.3 Å². The molecule has 0 unspecified atom stereocenters. The molecular weight excluding hydrogens is 272 g/mol. The van der Waals surface area contributed by atoms with Crippen molar-refractivity contribution in [1.29, 1.82) is 0 Å². The summed E-state index contributed by atoms with van der Waals surface area (Å²) in [6, 6.07) is 8.74. The van der Waals surface area contributed by atoms with Gasteiger partial charge in [-0.2, -0.15) is 0 Å². The van der Waals surface area contributed by atoms with Gasteiger partial charge in [-0.1, -0.05) is 45.0 Å². The Morgan fingerprint density at radius 1 is 1.23 bits per heavy atom. The molecule has 0 radical (unpaired) electrons. The Balaban J connectivity index is 2.47. The van der Waals surface area contributed by atoms with Crippen LogP contribution in [-0.2, 0) is 13.1 Å². The molecule has 0 heterocycles. The molecule has 4 nitrogen and oxygen atoms in total. The Morgan fingerprint density at radius 3 is 2.59 bits per heavy atom. The molecule has 0 saturated carbocycles. The molecule has 0 bridgehead atoms. The van der Waals surface area contributed by atoms with Crippen molar-refractivity contribution in [2.45, 2.75) is 40.3 Å². The summed E-state index contributed by atoms with van der Waals surface area (Å²) in [7, 11) is 3.96. The molecule has 0 atom stereocenters. The maximum atomic E-state index is 4.27. The Kier molecular flexibility index (Phi) is 8.60. The van der Waals surface area contributed by atoms with Gasteiger partial charge in [0, 0.05) is 26.7 Å². The smallest absolute Gasteiger partial charge is 0.191 e. The zero-order valence-corrected chi connectivity index (χ0v) is 14.8. The minimum absolute atomic E-state index is 0.706. The van der Waals surface area contributed by atoms with E-state index in [9.17, 15) is 0 Å². The highest BCUT2D eigenvalue weighted by Crippen LogP contribution is 2.07. The maximum Gasteiger partial charge on any atom is 0.191 e. The summed E-state index contributed by atoms with van der Waals surface area (Å²) in [4.78, 5) is 6.57. The number of rotatable bonds is 8. The molecule has 2 N–H and O–H groups in total. The van der Waals surface area contributed by atoms with Gasteiger partial charge in [-0.05, 0) is 37.1 Å². The maximum absolute atomic E-state index is 4.27. The van der Waals surface area contributed by atoms with Crippen LogP contribution in [0.15, 0.2) is 29.3 Å². The normalized spacial score (nSPS) is 12.0. The van der Waals surface area contributed by atoms with Gasteiger partial charge in [-0.25, -0.2) is 0 Å². The lowest BCUT2D eigenvalue weighted by atomic mass is 10.1. The Labute approximate surface area is 136 Å². The molecule has 0 aliphatic carbocycles. The Morgan fingerprint density at radius 2 is 1.95 bits per heavy atom. The highest BCUT2D eigenvalue weighted by atomic mass is 15.2. The first kappa shape index (κ1) is 18.5. The minimum Gasteiger partial charge on any atom is -0.356 e. The molecule has 4 heteroatoms. The van der Waals surface area contributed by atoms with Crippen molar-refractivity contribution in [2.24, 2.45) is 10.9 Å². The molecule has 0 fully saturated rings. The molecule has 0 saturated heterocycles. The Bertz CT molecular complexity index is 454. The van der Waals surface area contributed by atoms with Crippen LogP contribution < -0.4 is 10.6 Å². The van der Waals surface area contributed by atoms with Gasteiger partial charge in [0.2, 0.25) is 0 Å². The van der Waals surface area contributed by atoms with Crippen molar-refractivity contribution in [1.82, 2.24) is 15.5 Å². The first-order chi connectivity index (χ1) is 10.5.